The number of benzene rings is 2. The molecule has 2 aromatic carbocycles. The number of hydrogen-bond acceptors (Lipinski definition) is 7. The van der Waals surface area contributed by atoms with Crippen molar-refractivity contribution in [3.8, 4) is 11.5 Å². The third kappa shape index (κ3) is 6.58. The van der Waals surface area contributed by atoms with E-state index in [2.05, 4.69) is 0 Å². The monoisotopic (exact) mass is 496 g/mol. The first kappa shape index (κ1) is 24.7. The van der Waals surface area contributed by atoms with E-state index >= 15 is 0 Å². The van der Waals surface area contributed by atoms with Gasteiger partial charge in [-0.05, 0) is 54.8 Å². The Labute approximate surface area is 207 Å². The van der Waals surface area contributed by atoms with Crippen molar-refractivity contribution in [3.63, 3.8) is 0 Å². The molecule has 0 radical (unpaired) electrons. The molecule has 0 atom stereocenters. The number of carboxylic acid groups (broad SMARTS) is 1. The number of rotatable bonds is 10. The van der Waals surface area contributed by atoms with Gasteiger partial charge in [-0.25, -0.2) is 4.98 Å². The van der Waals surface area contributed by atoms with Crippen LogP contribution in [0.2, 0.25) is 0 Å². The molecule has 3 aromatic rings. The summed E-state index contributed by atoms with van der Waals surface area (Å²) in [5, 5.41) is 10.0. The molecule has 1 aliphatic rings. The predicted molar refractivity (Wildman–Crippen MR) is 135 cm³/mol. The highest BCUT2D eigenvalue weighted by atomic mass is 32.1. The van der Waals surface area contributed by atoms with Gasteiger partial charge in [0.15, 0.2) is 18.1 Å². The SMILES string of the molecule is CCOc1cc(C=C(CCC(=O)O)c2nc3ccccc3s2)ccc1OCC(=O)N1CCOCC1. The minimum absolute atomic E-state index is 0.00488. The maximum absolute atomic E-state index is 12.5. The molecule has 2 heterocycles. The number of allylic oxidation sites excluding steroid dienone is 1. The molecule has 1 fully saturated rings. The minimum atomic E-state index is -0.860. The Kier molecular flexibility index (Phi) is 8.33. The molecule has 0 saturated carbocycles. The number of amides is 1. The fraction of sp³-hybridized carbons (Fsp3) is 0.346. The Bertz CT molecular complexity index is 1180. The first-order chi connectivity index (χ1) is 17.0. The number of nitrogens with zero attached hydrogens (tertiary/aromatic N) is 2. The van der Waals surface area contributed by atoms with Crippen LogP contribution < -0.4 is 9.47 Å². The number of aromatic nitrogens is 1. The molecule has 8 nitrogen and oxygen atoms in total. The zero-order chi connectivity index (χ0) is 24.6. The standard InChI is InChI=1S/C26H28N2O6S/c1-2-33-22-16-18(7-9-21(22)34-17-24(29)28-11-13-32-14-12-28)15-19(8-10-25(30)31)26-27-20-5-3-4-6-23(20)35-26/h3-7,9,15-16H,2,8,10-14,17H2,1H3,(H,30,31). The van der Waals surface area contributed by atoms with E-state index in [0.29, 0.717) is 50.8 Å². The van der Waals surface area contributed by atoms with Crippen LogP contribution in [-0.4, -0.2) is 66.4 Å². The van der Waals surface area contributed by atoms with Crippen LogP contribution in [0.3, 0.4) is 0 Å². The Morgan fingerprint density at radius 1 is 1.11 bits per heavy atom. The number of carboxylic acids is 1. The van der Waals surface area contributed by atoms with Gasteiger partial charge in [0.05, 0.1) is 30.0 Å². The Morgan fingerprint density at radius 2 is 1.91 bits per heavy atom. The maximum Gasteiger partial charge on any atom is 0.303 e. The van der Waals surface area contributed by atoms with Gasteiger partial charge in [0.1, 0.15) is 5.01 Å². The van der Waals surface area contributed by atoms with Crippen molar-refractivity contribution in [2.45, 2.75) is 19.8 Å². The summed E-state index contributed by atoms with van der Waals surface area (Å²) in [7, 11) is 0. The van der Waals surface area contributed by atoms with E-state index in [0.717, 1.165) is 26.4 Å². The first-order valence-corrected chi connectivity index (χ1v) is 12.4. The number of hydrogen-bond donors (Lipinski definition) is 1. The molecular formula is C26H28N2O6S. The summed E-state index contributed by atoms with van der Waals surface area (Å²) in [5.74, 6) is 0.0582. The fourth-order valence-electron chi connectivity index (χ4n) is 3.74. The molecule has 1 aromatic heterocycles. The largest absolute Gasteiger partial charge is 0.490 e. The molecule has 0 unspecified atom stereocenters. The number of ether oxygens (including phenoxy) is 3. The highest BCUT2D eigenvalue weighted by molar-refractivity contribution is 7.19. The highest BCUT2D eigenvalue weighted by Gasteiger charge is 2.18. The Balaban J connectivity index is 1.56. The fourth-order valence-corrected chi connectivity index (χ4v) is 4.75. The second kappa shape index (κ2) is 11.8. The summed E-state index contributed by atoms with van der Waals surface area (Å²) in [6.45, 7) is 4.44. The maximum atomic E-state index is 12.5. The summed E-state index contributed by atoms with van der Waals surface area (Å²) >= 11 is 1.54. The Morgan fingerprint density at radius 3 is 2.66 bits per heavy atom. The quantitative estimate of drug-likeness (QED) is 0.446. The van der Waals surface area contributed by atoms with Crippen LogP contribution in [0.15, 0.2) is 42.5 Å². The molecule has 9 heteroatoms. The minimum Gasteiger partial charge on any atom is -0.490 e. The van der Waals surface area contributed by atoms with Gasteiger partial charge in [-0.3, -0.25) is 9.59 Å². The average molecular weight is 497 g/mol. The topological polar surface area (TPSA) is 98.2 Å². The molecule has 1 N–H and O–H groups in total. The van der Waals surface area contributed by atoms with Gasteiger partial charge in [0.25, 0.3) is 5.91 Å². The van der Waals surface area contributed by atoms with Crippen LogP contribution in [0.4, 0.5) is 0 Å². The van der Waals surface area contributed by atoms with Gasteiger partial charge in [0, 0.05) is 19.5 Å². The molecule has 184 valence electrons. The average Bonchev–Trinajstić information content (AvgIpc) is 3.30. The first-order valence-electron chi connectivity index (χ1n) is 11.6. The highest BCUT2D eigenvalue weighted by Crippen LogP contribution is 2.34. The van der Waals surface area contributed by atoms with Crippen molar-refractivity contribution >= 4 is 45.1 Å². The van der Waals surface area contributed by atoms with Gasteiger partial charge in [-0.1, -0.05) is 18.2 Å². The summed E-state index contributed by atoms with van der Waals surface area (Å²) < 4.78 is 17.9. The summed E-state index contributed by atoms with van der Waals surface area (Å²) in [6.07, 6.45) is 2.29. The number of fused-ring (bicyclic) bond motifs is 1. The van der Waals surface area contributed by atoms with Gasteiger partial charge >= 0.3 is 5.97 Å². The summed E-state index contributed by atoms with van der Waals surface area (Å²) in [5.41, 5.74) is 2.56. The number of carbonyl (C=O) groups excluding carboxylic acids is 1. The van der Waals surface area contributed by atoms with Crippen molar-refractivity contribution in [2.24, 2.45) is 0 Å². The van der Waals surface area contributed by atoms with Crippen molar-refractivity contribution in [2.75, 3.05) is 39.5 Å². The molecule has 35 heavy (non-hydrogen) atoms. The van der Waals surface area contributed by atoms with Crippen LogP contribution in [0.25, 0.3) is 21.9 Å². The van der Waals surface area contributed by atoms with E-state index in [1.54, 1.807) is 11.0 Å². The van der Waals surface area contributed by atoms with Crippen molar-refractivity contribution < 1.29 is 28.9 Å². The van der Waals surface area contributed by atoms with Crippen LogP contribution >= 0.6 is 11.3 Å². The number of morpholine rings is 1. The number of aliphatic carboxylic acids is 1. The van der Waals surface area contributed by atoms with Crippen molar-refractivity contribution in [1.29, 1.82) is 0 Å². The van der Waals surface area contributed by atoms with E-state index < -0.39 is 5.97 Å². The Hall–Kier alpha value is -3.43. The molecule has 0 bridgehead atoms. The predicted octanol–water partition coefficient (Wildman–Crippen LogP) is 4.34. The number of thiazole rings is 1. The molecule has 0 spiro atoms. The van der Waals surface area contributed by atoms with Crippen LogP contribution in [0.5, 0.6) is 11.5 Å². The van der Waals surface area contributed by atoms with Gasteiger partial charge < -0.3 is 24.2 Å². The third-order valence-electron chi connectivity index (χ3n) is 5.50. The number of para-hydroxylation sites is 1. The van der Waals surface area contributed by atoms with Crippen LogP contribution in [0, 0.1) is 0 Å². The lowest BCUT2D eigenvalue weighted by molar-refractivity contribution is -0.138. The second-order valence-corrected chi connectivity index (χ2v) is 9.00. The van der Waals surface area contributed by atoms with E-state index in [1.807, 2.05) is 49.4 Å². The summed E-state index contributed by atoms with van der Waals surface area (Å²) in [6, 6.07) is 13.3. The second-order valence-electron chi connectivity index (χ2n) is 7.97. The molecular weight excluding hydrogens is 468 g/mol. The van der Waals surface area contributed by atoms with Crippen molar-refractivity contribution in [1.82, 2.24) is 9.88 Å². The van der Waals surface area contributed by atoms with Gasteiger partial charge in [-0.2, -0.15) is 0 Å². The van der Waals surface area contributed by atoms with E-state index in [4.69, 9.17) is 19.2 Å². The van der Waals surface area contributed by atoms with Crippen molar-refractivity contribution in [3.05, 3.63) is 53.0 Å². The molecule has 4 rings (SSSR count). The van der Waals surface area contributed by atoms with Gasteiger partial charge in [0.2, 0.25) is 0 Å². The smallest absolute Gasteiger partial charge is 0.303 e. The lowest BCUT2D eigenvalue weighted by Crippen LogP contribution is -2.43. The van der Waals surface area contributed by atoms with E-state index in [9.17, 15) is 14.7 Å². The van der Waals surface area contributed by atoms with Crippen LogP contribution in [-0.2, 0) is 14.3 Å². The van der Waals surface area contributed by atoms with Gasteiger partial charge in [-0.15, -0.1) is 11.3 Å². The lowest BCUT2D eigenvalue weighted by atomic mass is 10.1. The lowest BCUT2D eigenvalue weighted by Gasteiger charge is -2.26. The van der Waals surface area contributed by atoms with E-state index in [1.165, 1.54) is 11.3 Å². The molecule has 1 saturated heterocycles. The molecule has 1 aliphatic heterocycles. The zero-order valence-corrected chi connectivity index (χ0v) is 20.4. The summed E-state index contributed by atoms with van der Waals surface area (Å²) in [4.78, 5) is 30.2. The zero-order valence-electron chi connectivity index (χ0n) is 19.6. The molecule has 1 amide bonds. The normalized spacial score (nSPS) is 14.2. The van der Waals surface area contributed by atoms with E-state index in [-0.39, 0.29) is 18.9 Å². The van der Waals surface area contributed by atoms with Crippen LogP contribution in [0.1, 0.15) is 30.3 Å². The molecule has 0 aliphatic carbocycles. The third-order valence-corrected chi connectivity index (χ3v) is 6.61. The number of carbonyl (C=O) groups is 2.